The van der Waals surface area contributed by atoms with E-state index in [0.29, 0.717) is 34.4 Å². The van der Waals surface area contributed by atoms with Crippen molar-refractivity contribution >= 4 is 11.6 Å². The molecule has 0 radical (unpaired) electrons. The molecule has 2 N–H and O–H groups in total. The van der Waals surface area contributed by atoms with Crippen molar-refractivity contribution in [3.8, 4) is 28.7 Å². The Bertz CT molecular complexity index is 1280. The highest BCUT2D eigenvalue weighted by Crippen LogP contribution is 2.39. The number of ether oxygens (including phenoxy) is 2. The molecule has 0 amide bonds. The highest BCUT2D eigenvalue weighted by atomic mass is 35.5. The third-order valence-electron chi connectivity index (χ3n) is 7.30. The summed E-state index contributed by atoms with van der Waals surface area (Å²) in [5, 5.41) is 7.79. The zero-order chi connectivity index (χ0) is 28.2. The maximum absolute atomic E-state index is 16.1. The fourth-order valence-corrected chi connectivity index (χ4v) is 5.34. The molecule has 6 heteroatoms. The Morgan fingerprint density at radius 3 is 2.70 bits per heavy atom. The number of rotatable bonds is 11. The zero-order valence-electron chi connectivity index (χ0n) is 23.6. The Labute approximate surface area is 243 Å². The van der Waals surface area contributed by atoms with Gasteiger partial charge in [-0.25, -0.2) is 4.39 Å². The first kappa shape index (κ1) is 30.1. The third-order valence-corrected chi connectivity index (χ3v) is 7.63. The van der Waals surface area contributed by atoms with Crippen molar-refractivity contribution in [2.24, 2.45) is 0 Å². The number of methoxy groups -OCH3 is 1. The van der Waals surface area contributed by atoms with Crippen LogP contribution in [0.4, 0.5) is 4.39 Å². The molecule has 4 nitrogen and oxygen atoms in total. The summed E-state index contributed by atoms with van der Waals surface area (Å²) in [6, 6.07) is 20.4. The Balaban J connectivity index is 1.75. The average Bonchev–Trinajstić information content (AvgIpc) is 3.25. The van der Waals surface area contributed by atoms with E-state index in [1.165, 1.54) is 12.0 Å². The van der Waals surface area contributed by atoms with Crippen LogP contribution in [0.25, 0.3) is 11.1 Å². The molecule has 1 aliphatic rings. The first-order valence-corrected chi connectivity index (χ1v) is 14.7. The average molecular weight is 563 g/mol. The van der Waals surface area contributed by atoms with Gasteiger partial charge in [0.25, 0.3) is 0 Å². The SMILES string of the molecule is CCCC#Cc1ccc(OCCOC)c(F)c1-c1cc(C(CN[C@H]2CCCNCC2)c2ccccc2)ccc1Cl. The van der Waals surface area contributed by atoms with Crippen molar-refractivity contribution in [3.05, 3.63) is 88.2 Å². The molecule has 4 rings (SSSR count). The van der Waals surface area contributed by atoms with Gasteiger partial charge >= 0.3 is 0 Å². The molecule has 0 aromatic heterocycles. The van der Waals surface area contributed by atoms with Crippen molar-refractivity contribution in [1.82, 2.24) is 10.6 Å². The van der Waals surface area contributed by atoms with Crippen LogP contribution in [0.5, 0.6) is 5.75 Å². The predicted molar refractivity (Wildman–Crippen MR) is 163 cm³/mol. The second-order valence-corrected chi connectivity index (χ2v) is 10.6. The fraction of sp³-hybridized carbons (Fsp3) is 0.412. The van der Waals surface area contributed by atoms with Gasteiger partial charge < -0.3 is 20.1 Å². The molecule has 3 aromatic rings. The van der Waals surface area contributed by atoms with Crippen LogP contribution in [0, 0.1) is 17.7 Å². The van der Waals surface area contributed by atoms with E-state index in [9.17, 15) is 0 Å². The van der Waals surface area contributed by atoms with Crippen LogP contribution in [-0.4, -0.2) is 46.0 Å². The number of hydrogen-bond acceptors (Lipinski definition) is 4. The van der Waals surface area contributed by atoms with Crippen LogP contribution in [0.15, 0.2) is 60.7 Å². The minimum Gasteiger partial charge on any atom is -0.488 e. The van der Waals surface area contributed by atoms with Crippen molar-refractivity contribution in [2.75, 3.05) is 40.0 Å². The minimum absolute atomic E-state index is 0.0762. The van der Waals surface area contributed by atoms with Gasteiger partial charge in [0.1, 0.15) is 6.61 Å². The van der Waals surface area contributed by atoms with Gasteiger partial charge in [-0.3, -0.25) is 0 Å². The van der Waals surface area contributed by atoms with E-state index in [2.05, 4.69) is 59.7 Å². The third kappa shape index (κ3) is 8.08. The Kier molecular flexibility index (Phi) is 11.9. The van der Waals surface area contributed by atoms with Crippen LogP contribution < -0.4 is 15.4 Å². The molecular weight excluding hydrogens is 523 g/mol. The summed E-state index contributed by atoms with van der Waals surface area (Å²) in [4.78, 5) is 0. The van der Waals surface area contributed by atoms with Gasteiger partial charge in [-0.2, -0.15) is 0 Å². The fourth-order valence-electron chi connectivity index (χ4n) is 5.13. The van der Waals surface area contributed by atoms with E-state index < -0.39 is 5.82 Å². The lowest BCUT2D eigenvalue weighted by molar-refractivity contribution is 0.144. The molecular formula is C34H40ClFN2O2. The van der Waals surface area contributed by atoms with Crippen molar-refractivity contribution in [2.45, 2.75) is 51.0 Å². The summed E-state index contributed by atoms with van der Waals surface area (Å²) in [6.07, 6.45) is 5.10. The van der Waals surface area contributed by atoms with Crippen molar-refractivity contribution in [3.63, 3.8) is 0 Å². The maximum atomic E-state index is 16.1. The number of nitrogens with one attached hydrogen (secondary N) is 2. The maximum Gasteiger partial charge on any atom is 0.174 e. The van der Waals surface area contributed by atoms with E-state index in [0.717, 1.165) is 50.9 Å². The van der Waals surface area contributed by atoms with Crippen molar-refractivity contribution in [1.29, 1.82) is 0 Å². The number of hydrogen-bond donors (Lipinski definition) is 2. The molecule has 3 aromatic carbocycles. The van der Waals surface area contributed by atoms with Gasteiger partial charge in [0, 0.05) is 53.7 Å². The number of benzene rings is 3. The van der Waals surface area contributed by atoms with Gasteiger partial charge in [0.05, 0.1) is 6.61 Å². The topological polar surface area (TPSA) is 42.5 Å². The van der Waals surface area contributed by atoms with Crippen LogP contribution in [0.3, 0.4) is 0 Å². The molecule has 0 bridgehead atoms. The lowest BCUT2D eigenvalue weighted by Crippen LogP contribution is -2.33. The Morgan fingerprint density at radius 1 is 1.05 bits per heavy atom. The first-order valence-electron chi connectivity index (χ1n) is 14.3. The smallest absolute Gasteiger partial charge is 0.174 e. The van der Waals surface area contributed by atoms with Gasteiger partial charge in [-0.1, -0.05) is 66.8 Å². The van der Waals surface area contributed by atoms with Gasteiger partial charge in [-0.15, -0.1) is 0 Å². The first-order chi connectivity index (χ1) is 19.6. The minimum atomic E-state index is -0.459. The standard InChI is InChI=1S/C34H40ClFN2O2/c1-3-4-6-12-26-15-17-32(40-22-21-39-2)34(36)33(26)29-23-27(14-16-31(29)35)30(25-10-7-5-8-11-25)24-38-28-13-9-19-37-20-18-28/h5,7-8,10-11,14-17,23,28,30,37-38H,3-4,9,13,18-22,24H2,1-2H3/t28-,30?/m0/s1. The Hall–Kier alpha value is -2.88. The molecule has 40 heavy (non-hydrogen) atoms. The van der Waals surface area contributed by atoms with Crippen LogP contribution >= 0.6 is 11.6 Å². The molecule has 1 unspecified atom stereocenters. The summed E-state index contributed by atoms with van der Waals surface area (Å²) in [6.45, 7) is 5.58. The normalized spacial score (nSPS) is 16.1. The summed E-state index contributed by atoms with van der Waals surface area (Å²) in [5.41, 5.74) is 3.87. The molecule has 1 aliphatic heterocycles. The monoisotopic (exact) mass is 562 g/mol. The van der Waals surface area contributed by atoms with E-state index in [1.54, 1.807) is 13.2 Å². The quantitative estimate of drug-likeness (QED) is 0.192. The molecule has 1 saturated heterocycles. The van der Waals surface area contributed by atoms with Gasteiger partial charge in [0.15, 0.2) is 11.6 Å². The molecule has 0 aliphatic carbocycles. The number of halogens is 2. The van der Waals surface area contributed by atoms with E-state index in [-0.39, 0.29) is 18.3 Å². The van der Waals surface area contributed by atoms with E-state index >= 15 is 4.39 Å². The molecule has 0 spiro atoms. The van der Waals surface area contributed by atoms with Crippen LogP contribution in [0.2, 0.25) is 5.02 Å². The largest absolute Gasteiger partial charge is 0.488 e. The summed E-state index contributed by atoms with van der Waals surface area (Å²) in [5.74, 6) is 6.13. The van der Waals surface area contributed by atoms with Gasteiger partial charge in [0.2, 0.25) is 0 Å². The highest BCUT2D eigenvalue weighted by Gasteiger charge is 2.22. The lowest BCUT2D eigenvalue weighted by atomic mass is 9.88. The van der Waals surface area contributed by atoms with Crippen molar-refractivity contribution < 1.29 is 13.9 Å². The molecule has 1 fully saturated rings. The Morgan fingerprint density at radius 2 is 1.90 bits per heavy atom. The zero-order valence-corrected chi connectivity index (χ0v) is 24.3. The van der Waals surface area contributed by atoms with E-state index in [1.807, 2.05) is 24.3 Å². The van der Waals surface area contributed by atoms with Crippen LogP contribution in [0.1, 0.15) is 61.6 Å². The summed E-state index contributed by atoms with van der Waals surface area (Å²) in [7, 11) is 1.59. The lowest BCUT2D eigenvalue weighted by Gasteiger charge is -2.24. The predicted octanol–water partition coefficient (Wildman–Crippen LogP) is 7.19. The second kappa shape index (κ2) is 15.8. The molecule has 0 saturated carbocycles. The molecule has 1 heterocycles. The molecule has 212 valence electrons. The summed E-state index contributed by atoms with van der Waals surface area (Å²) < 4.78 is 26.9. The summed E-state index contributed by atoms with van der Waals surface area (Å²) >= 11 is 6.78. The second-order valence-electron chi connectivity index (χ2n) is 10.2. The van der Waals surface area contributed by atoms with E-state index in [4.69, 9.17) is 21.1 Å². The van der Waals surface area contributed by atoms with Gasteiger partial charge in [-0.05, 0) is 74.2 Å². The number of unbranched alkanes of at least 4 members (excludes halogenated alkanes) is 1. The highest BCUT2D eigenvalue weighted by molar-refractivity contribution is 6.33. The molecule has 2 atom stereocenters. The van der Waals surface area contributed by atoms with Crippen LogP contribution in [-0.2, 0) is 4.74 Å².